The summed E-state index contributed by atoms with van der Waals surface area (Å²) >= 11 is 0. The van der Waals surface area contributed by atoms with Crippen molar-refractivity contribution in [1.29, 1.82) is 0 Å². The third-order valence-corrected chi connectivity index (χ3v) is 4.34. The predicted molar refractivity (Wildman–Crippen MR) is 104 cm³/mol. The third kappa shape index (κ3) is 4.53. The van der Waals surface area contributed by atoms with Gasteiger partial charge in [-0.25, -0.2) is 4.79 Å². The molecule has 2 aromatic carbocycles. The maximum atomic E-state index is 12.0. The third-order valence-electron chi connectivity index (χ3n) is 4.34. The van der Waals surface area contributed by atoms with Crippen LogP contribution in [0, 0.1) is 0 Å². The van der Waals surface area contributed by atoms with Crippen LogP contribution in [0.4, 0.5) is 0 Å². The van der Waals surface area contributed by atoms with Gasteiger partial charge < -0.3 is 19.6 Å². The van der Waals surface area contributed by atoms with E-state index in [1.807, 2.05) is 55.5 Å². The van der Waals surface area contributed by atoms with E-state index in [1.165, 1.54) is 4.57 Å². The van der Waals surface area contributed by atoms with Gasteiger partial charge in [-0.15, -0.1) is 0 Å². The maximum absolute atomic E-state index is 12.0. The molecule has 0 aliphatic rings. The smallest absolute Gasteiger partial charge is 0.328 e. The second-order valence-corrected chi connectivity index (χ2v) is 6.34. The number of hydrogen-bond acceptors (Lipinski definition) is 4. The summed E-state index contributed by atoms with van der Waals surface area (Å²) in [5, 5.41) is 10.3. The Bertz CT molecular complexity index is 942. The molecule has 0 saturated carbocycles. The molecule has 2 N–H and O–H groups in total. The standard InChI is InChI=1S/C21H24N2O4/c1-3-4-12-23-20(24)19(22-21(23)25)14-15-6-5-7-18(13-15)27-17-10-8-16(26-2)9-11-17/h5-11,13,24H,3-4,12,14H2,1-2H3,(H,22,25). The lowest BCUT2D eigenvalue weighted by molar-refractivity contribution is 0.404. The molecule has 0 amide bonds. The van der Waals surface area contributed by atoms with Crippen molar-refractivity contribution in [2.45, 2.75) is 32.7 Å². The van der Waals surface area contributed by atoms with Gasteiger partial charge in [-0.3, -0.25) is 4.57 Å². The van der Waals surface area contributed by atoms with Crippen LogP contribution in [-0.2, 0) is 13.0 Å². The molecular weight excluding hydrogens is 344 g/mol. The molecule has 6 nitrogen and oxygen atoms in total. The number of aromatic amines is 1. The van der Waals surface area contributed by atoms with Crippen LogP contribution in [0.25, 0.3) is 0 Å². The largest absolute Gasteiger partial charge is 0.497 e. The van der Waals surface area contributed by atoms with Crippen molar-refractivity contribution >= 4 is 0 Å². The van der Waals surface area contributed by atoms with Crippen molar-refractivity contribution in [2.24, 2.45) is 0 Å². The number of imidazole rings is 1. The SMILES string of the molecule is CCCCn1c(O)c(Cc2cccc(Oc3ccc(OC)cc3)c2)[nH]c1=O. The molecule has 0 fully saturated rings. The summed E-state index contributed by atoms with van der Waals surface area (Å²) in [6.07, 6.45) is 2.22. The number of aromatic nitrogens is 2. The van der Waals surface area contributed by atoms with Crippen molar-refractivity contribution in [3.63, 3.8) is 0 Å². The highest BCUT2D eigenvalue weighted by Gasteiger charge is 2.13. The number of benzene rings is 2. The van der Waals surface area contributed by atoms with Gasteiger partial charge in [0.2, 0.25) is 5.88 Å². The fourth-order valence-electron chi connectivity index (χ4n) is 2.86. The summed E-state index contributed by atoms with van der Waals surface area (Å²) < 4.78 is 12.4. The highest BCUT2D eigenvalue weighted by Crippen LogP contribution is 2.26. The summed E-state index contributed by atoms with van der Waals surface area (Å²) in [4.78, 5) is 14.8. The van der Waals surface area contributed by atoms with E-state index in [-0.39, 0.29) is 11.6 Å². The molecule has 0 unspecified atom stereocenters. The van der Waals surface area contributed by atoms with Crippen molar-refractivity contribution in [1.82, 2.24) is 9.55 Å². The molecule has 0 bridgehead atoms. The Labute approximate surface area is 158 Å². The van der Waals surface area contributed by atoms with Gasteiger partial charge in [0.1, 0.15) is 17.2 Å². The lowest BCUT2D eigenvalue weighted by Gasteiger charge is -2.08. The fourth-order valence-corrected chi connectivity index (χ4v) is 2.86. The second kappa shape index (κ2) is 8.49. The average molecular weight is 368 g/mol. The van der Waals surface area contributed by atoms with E-state index >= 15 is 0 Å². The first-order valence-electron chi connectivity index (χ1n) is 9.02. The number of unbranched alkanes of at least 4 members (excludes halogenated alkanes) is 1. The lowest BCUT2D eigenvalue weighted by atomic mass is 10.1. The van der Waals surface area contributed by atoms with Gasteiger partial charge in [0, 0.05) is 13.0 Å². The Hall–Kier alpha value is -3.15. The minimum absolute atomic E-state index is 0.00919. The number of ether oxygens (including phenoxy) is 2. The van der Waals surface area contributed by atoms with Gasteiger partial charge >= 0.3 is 5.69 Å². The summed E-state index contributed by atoms with van der Waals surface area (Å²) in [7, 11) is 1.62. The molecule has 3 aromatic rings. The molecule has 0 radical (unpaired) electrons. The van der Waals surface area contributed by atoms with E-state index in [0.29, 0.717) is 30.2 Å². The quantitative estimate of drug-likeness (QED) is 0.628. The number of aromatic hydroxyl groups is 1. The first kappa shape index (κ1) is 18.6. The van der Waals surface area contributed by atoms with Crippen LogP contribution >= 0.6 is 0 Å². The van der Waals surface area contributed by atoms with Crippen LogP contribution in [0.15, 0.2) is 53.3 Å². The summed E-state index contributed by atoms with van der Waals surface area (Å²) in [5.41, 5.74) is 1.17. The van der Waals surface area contributed by atoms with Gasteiger partial charge in [-0.1, -0.05) is 25.5 Å². The molecule has 27 heavy (non-hydrogen) atoms. The van der Waals surface area contributed by atoms with Crippen molar-refractivity contribution in [3.05, 3.63) is 70.3 Å². The number of nitrogens with one attached hydrogen (secondary N) is 1. The molecule has 0 saturated heterocycles. The van der Waals surface area contributed by atoms with Crippen molar-refractivity contribution < 1.29 is 14.6 Å². The number of rotatable bonds is 8. The summed E-state index contributed by atoms with van der Waals surface area (Å²) in [6, 6.07) is 14.9. The first-order chi connectivity index (χ1) is 13.1. The Morgan fingerprint density at radius 3 is 2.52 bits per heavy atom. The van der Waals surface area contributed by atoms with Crippen LogP contribution < -0.4 is 15.2 Å². The summed E-state index contributed by atoms with van der Waals surface area (Å²) in [5.74, 6) is 2.16. The average Bonchev–Trinajstić information content (AvgIpc) is 2.94. The van der Waals surface area contributed by atoms with E-state index in [9.17, 15) is 9.90 Å². The molecule has 1 aromatic heterocycles. The molecule has 6 heteroatoms. The topological polar surface area (TPSA) is 76.5 Å². The zero-order valence-electron chi connectivity index (χ0n) is 15.6. The number of H-pyrrole nitrogens is 1. The van der Waals surface area contributed by atoms with E-state index < -0.39 is 0 Å². The number of methoxy groups -OCH3 is 1. The minimum Gasteiger partial charge on any atom is -0.497 e. The fraction of sp³-hybridized carbons (Fsp3) is 0.286. The van der Waals surface area contributed by atoms with E-state index in [4.69, 9.17) is 9.47 Å². The van der Waals surface area contributed by atoms with E-state index in [0.717, 1.165) is 24.2 Å². The van der Waals surface area contributed by atoms with Gasteiger partial charge in [0.25, 0.3) is 0 Å². The molecule has 0 atom stereocenters. The molecule has 0 aliphatic carbocycles. The monoisotopic (exact) mass is 368 g/mol. The van der Waals surface area contributed by atoms with Crippen LogP contribution in [-0.4, -0.2) is 21.8 Å². The van der Waals surface area contributed by atoms with E-state index in [2.05, 4.69) is 4.98 Å². The normalized spacial score (nSPS) is 10.7. The molecule has 0 aliphatic heterocycles. The highest BCUT2D eigenvalue weighted by molar-refractivity contribution is 5.38. The van der Waals surface area contributed by atoms with Crippen LogP contribution in [0.1, 0.15) is 31.0 Å². The van der Waals surface area contributed by atoms with Gasteiger partial charge in [0.15, 0.2) is 0 Å². The number of nitrogens with zero attached hydrogens (tertiary/aromatic N) is 1. The van der Waals surface area contributed by atoms with Crippen molar-refractivity contribution in [3.8, 4) is 23.1 Å². The van der Waals surface area contributed by atoms with Crippen LogP contribution in [0.2, 0.25) is 0 Å². The number of hydrogen-bond donors (Lipinski definition) is 2. The van der Waals surface area contributed by atoms with Gasteiger partial charge in [0.05, 0.1) is 12.8 Å². The zero-order chi connectivity index (χ0) is 19.2. The summed E-state index contributed by atoms with van der Waals surface area (Å²) in [6.45, 7) is 2.56. The van der Waals surface area contributed by atoms with Gasteiger partial charge in [-0.2, -0.15) is 0 Å². The molecule has 3 rings (SSSR count). The predicted octanol–water partition coefficient (Wildman–Crippen LogP) is 4.07. The Kier molecular flexibility index (Phi) is 5.86. The van der Waals surface area contributed by atoms with E-state index in [1.54, 1.807) is 7.11 Å². The Balaban J connectivity index is 1.75. The lowest BCUT2D eigenvalue weighted by Crippen LogP contribution is -2.16. The first-order valence-corrected chi connectivity index (χ1v) is 9.02. The molecular formula is C21H24N2O4. The van der Waals surface area contributed by atoms with Crippen molar-refractivity contribution in [2.75, 3.05) is 7.11 Å². The molecule has 0 spiro atoms. The minimum atomic E-state index is -0.276. The van der Waals surface area contributed by atoms with Crippen LogP contribution in [0.3, 0.4) is 0 Å². The zero-order valence-corrected chi connectivity index (χ0v) is 15.6. The molecule has 142 valence electrons. The maximum Gasteiger partial charge on any atom is 0.328 e. The highest BCUT2D eigenvalue weighted by atomic mass is 16.5. The Morgan fingerprint density at radius 1 is 1.07 bits per heavy atom. The second-order valence-electron chi connectivity index (χ2n) is 6.34. The van der Waals surface area contributed by atoms with Crippen LogP contribution in [0.5, 0.6) is 23.1 Å². The Morgan fingerprint density at radius 2 is 1.81 bits per heavy atom. The van der Waals surface area contributed by atoms with Gasteiger partial charge in [-0.05, 0) is 48.4 Å². The molecule has 1 heterocycles.